The Morgan fingerprint density at radius 2 is 2.30 bits per heavy atom. The Morgan fingerprint density at radius 1 is 1.60 bits per heavy atom. The van der Waals surface area contributed by atoms with Crippen LogP contribution in [0, 0.1) is 6.92 Å². The summed E-state index contributed by atoms with van der Waals surface area (Å²) in [4.78, 5) is 0. The van der Waals surface area contributed by atoms with E-state index in [1.54, 1.807) is 11.3 Å². The third-order valence-electron chi connectivity index (χ3n) is 1.68. The molecule has 0 spiro atoms. The molecule has 1 nitrogen and oxygen atoms in total. The van der Waals surface area contributed by atoms with E-state index in [1.165, 1.54) is 16.1 Å². The van der Waals surface area contributed by atoms with Crippen LogP contribution in [0.3, 0.4) is 0 Å². The summed E-state index contributed by atoms with van der Waals surface area (Å²) in [6.45, 7) is 4.35. The molecule has 1 N–H and O–H groups in total. The molecule has 0 saturated heterocycles. The molecular weight excluding hydrogens is 142 g/mol. The molecule has 1 heterocycles. The summed E-state index contributed by atoms with van der Waals surface area (Å²) < 4.78 is 0. The minimum Gasteiger partial charge on any atom is -0.380 e. The van der Waals surface area contributed by atoms with Crippen LogP contribution in [0.4, 0.5) is 5.00 Å². The number of anilines is 1. The first-order valence-electron chi connectivity index (χ1n) is 3.54. The molecule has 0 aliphatic heterocycles. The van der Waals surface area contributed by atoms with Gasteiger partial charge in [-0.05, 0) is 29.9 Å². The van der Waals surface area contributed by atoms with E-state index in [9.17, 15) is 0 Å². The van der Waals surface area contributed by atoms with Crippen molar-refractivity contribution < 1.29 is 0 Å². The smallest absolute Gasteiger partial charge is 0.0915 e. The third kappa shape index (κ3) is 1.16. The van der Waals surface area contributed by atoms with Gasteiger partial charge in [0.2, 0.25) is 0 Å². The average molecular weight is 155 g/mol. The van der Waals surface area contributed by atoms with Gasteiger partial charge in [-0.25, -0.2) is 0 Å². The fourth-order valence-corrected chi connectivity index (χ4v) is 2.12. The van der Waals surface area contributed by atoms with Crippen LogP contribution < -0.4 is 5.32 Å². The Hall–Kier alpha value is -0.500. The SMILES string of the molecule is CCc1c(C)csc1NC. The summed E-state index contributed by atoms with van der Waals surface area (Å²) in [6.07, 6.45) is 1.13. The Kier molecular flexibility index (Phi) is 2.33. The minimum atomic E-state index is 1.13. The van der Waals surface area contributed by atoms with Crippen molar-refractivity contribution in [2.45, 2.75) is 20.3 Å². The minimum absolute atomic E-state index is 1.13. The van der Waals surface area contributed by atoms with Gasteiger partial charge in [0.15, 0.2) is 0 Å². The predicted octanol–water partition coefficient (Wildman–Crippen LogP) is 2.66. The van der Waals surface area contributed by atoms with E-state index < -0.39 is 0 Å². The standard InChI is InChI=1S/C8H13NS/c1-4-7-6(2)5-10-8(7)9-3/h5,9H,4H2,1-3H3. The molecule has 0 aliphatic rings. The number of rotatable bonds is 2. The van der Waals surface area contributed by atoms with E-state index in [0.29, 0.717) is 0 Å². The molecule has 1 aromatic rings. The number of aryl methyl sites for hydroxylation is 1. The van der Waals surface area contributed by atoms with Crippen LogP contribution in [0.5, 0.6) is 0 Å². The zero-order valence-corrected chi connectivity index (χ0v) is 7.51. The molecule has 10 heavy (non-hydrogen) atoms. The first-order chi connectivity index (χ1) is 4.79. The number of hydrogen-bond acceptors (Lipinski definition) is 2. The topological polar surface area (TPSA) is 12.0 Å². The van der Waals surface area contributed by atoms with Gasteiger partial charge in [0.05, 0.1) is 5.00 Å². The maximum absolute atomic E-state index is 3.19. The fraction of sp³-hybridized carbons (Fsp3) is 0.500. The van der Waals surface area contributed by atoms with Crippen molar-refractivity contribution in [3.05, 3.63) is 16.5 Å². The van der Waals surface area contributed by atoms with Gasteiger partial charge in [-0.1, -0.05) is 6.92 Å². The number of hydrogen-bond donors (Lipinski definition) is 1. The highest BCUT2D eigenvalue weighted by atomic mass is 32.1. The van der Waals surface area contributed by atoms with E-state index in [-0.39, 0.29) is 0 Å². The van der Waals surface area contributed by atoms with Crippen LogP contribution in [0.15, 0.2) is 5.38 Å². The second kappa shape index (κ2) is 3.06. The number of thiophene rings is 1. The third-order valence-corrected chi connectivity index (χ3v) is 2.84. The van der Waals surface area contributed by atoms with Crippen molar-refractivity contribution >= 4 is 16.3 Å². The zero-order valence-electron chi connectivity index (χ0n) is 6.69. The van der Waals surface area contributed by atoms with Crippen molar-refractivity contribution in [2.75, 3.05) is 12.4 Å². The molecule has 0 radical (unpaired) electrons. The summed E-state index contributed by atoms with van der Waals surface area (Å²) in [6, 6.07) is 0. The molecule has 0 unspecified atom stereocenters. The molecule has 0 fully saturated rings. The van der Waals surface area contributed by atoms with Crippen LogP contribution in [-0.2, 0) is 6.42 Å². The Morgan fingerprint density at radius 3 is 2.70 bits per heavy atom. The molecule has 56 valence electrons. The summed E-state index contributed by atoms with van der Waals surface area (Å²) in [5.74, 6) is 0. The normalized spacial score (nSPS) is 9.90. The first-order valence-corrected chi connectivity index (χ1v) is 4.42. The maximum atomic E-state index is 3.19. The van der Waals surface area contributed by atoms with Crippen LogP contribution in [0.25, 0.3) is 0 Å². The largest absolute Gasteiger partial charge is 0.380 e. The van der Waals surface area contributed by atoms with Crippen molar-refractivity contribution in [1.29, 1.82) is 0 Å². The highest BCUT2D eigenvalue weighted by Gasteiger charge is 2.03. The van der Waals surface area contributed by atoms with Gasteiger partial charge >= 0.3 is 0 Å². The van der Waals surface area contributed by atoms with E-state index in [4.69, 9.17) is 0 Å². The number of nitrogens with one attached hydrogen (secondary N) is 1. The van der Waals surface area contributed by atoms with Crippen molar-refractivity contribution in [1.82, 2.24) is 0 Å². The monoisotopic (exact) mass is 155 g/mol. The highest BCUT2D eigenvalue weighted by molar-refractivity contribution is 7.14. The van der Waals surface area contributed by atoms with E-state index in [0.717, 1.165) is 6.42 Å². The molecule has 0 bridgehead atoms. The molecule has 2 heteroatoms. The van der Waals surface area contributed by atoms with Gasteiger partial charge in [-0.2, -0.15) is 0 Å². The van der Waals surface area contributed by atoms with E-state index in [2.05, 4.69) is 24.5 Å². The lowest BCUT2D eigenvalue weighted by Crippen LogP contribution is -1.89. The first kappa shape index (κ1) is 7.61. The lowest BCUT2D eigenvalue weighted by molar-refractivity contribution is 1.13. The molecule has 1 rings (SSSR count). The van der Waals surface area contributed by atoms with Crippen LogP contribution in [0.2, 0.25) is 0 Å². The summed E-state index contributed by atoms with van der Waals surface area (Å²) in [5, 5.41) is 6.70. The lowest BCUT2D eigenvalue weighted by Gasteiger charge is -1.99. The second-order valence-corrected chi connectivity index (χ2v) is 3.21. The van der Waals surface area contributed by atoms with E-state index >= 15 is 0 Å². The Labute approximate surface area is 66.1 Å². The molecule has 0 aliphatic carbocycles. The fourth-order valence-electron chi connectivity index (χ4n) is 1.12. The molecule has 0 atom stereocenters. The van der Waals surface area contributed by atoms with Gasteiger partial charge in [-0.15, -0.1) is 11.3 Å². The quantitative estimate of drug-likeness (QED) is 0.692. The molecule has 0 amide bonds. The van der Waals surface area contributed by atoms with E-state index in [1.807, 2.05) is 7.05 Å². The lowest BCUT2D eigenvalue weighted by atomic mass is 10.1. The van der Waals surface area contributed by atoms with Gasteiger partial charge in [0, 0.05) is 7.05 Å². The van der Waals surface area contributed by atoms with Crippen molar-refractivity contribution in [2.24, 2.45) is 0 Å². The Balaban J connectivity index is 3.01. The second-order valence-electron chi connectivity index (χ2n) is 2.33. The molecule has 1 aromatic heterocycles. The van der Waals surface area contributed by atoms with Gasteiger partial charge in [0.25, 0.3) is 0 Å². The summed E-state index contributed by atoms with van der Waals surface area (Å²) >= 11 is 1.79. The molecule has 0 saturated carbocycles. The van der Waals surface area contributed by atoms with Crippen LogP contribution in [0.1, 0.15) is 18.1 Å². The highest BCUT2D eigenvalue weighted by Crippen LogP contribution is 2.27. The molecule has 0 aromatic carbocycles. The average Bonchev–Trinajstić information content (AvgIpc) is 2.30. The molecular formula is C8H13NS. The predicted molar refractivity (Wildman–Crippen MR) is 48.0 cm³/mol. The summed E-state index contributed by atoms with van der Waals surface area (Å²) in [7, 11) is 1.98. The summed E-state index contributed by atoms with van der Waals surface area (Å²) in [5.41, 5.74) is 2.88. The van der Waals surface area contributed by atoms with Gasteiger partial charge < -0.3 is 5.32 Å². The maximum Gasteiger partial charge on any atom is 0.0915 e. The zero-order chi connectivity index (χ0) is 7.56. The van der Waals surface area contributed by atoms with Crippen molar-refractivity contribution in [3.63, 3.8) is 0 Å². The van der Waals surface area contributed by atoms with Crippen molar-refractivity contribution in [3.8, 4) is 0 Å². The van der Waals surface area contributed by atoms with Gasteiger partial charge in [-0.3, -0.25) is 0 Å². The van der Waals surface area contributed by atoms with Crippen LogP contribution >= 0.6 is 11.3 Å². The van der Waals surface area contributed by atoms with Crippen LogP contribution in [-0.4, -0.2) is 7.05 Å². The Bertz CT molecular complexity index is 215. The van der Waals surface area contributed by atoms with Gasteiger partial charge in [0.1, 0.15) is 0 Å².